The molecule has 1 aromatic carbocycles. The average Bonchev–Trinajstić information content (AvgIpc) is 2.51. The van der Waals surface area contributed by atoms with Crippen LogP contribution in [0.3, 0.4) is 0 Å². The van der Waals surface area contributed by atoms with Crippen molar-refractivity contribution in [1.82, 2.24) is 0 Å². The Morgan fingerprint density at radius 2 is 1.90 bits per heavy atom. The number of carbonyl (C=O) groups is 1. The first-order valence-electron chi connectivity index (χ1n) is 7.30. The van der Waals surface area contributed by atoms with Crippen LogP contribution in [-0.4, -0.2) is 38.9 Å². The topological polar surface area (TPSA) is 70.8 Å². The van der Waals surface area contributed by atoms with Gasteiger partial charge in [-0.2, -0.15) is 0 Å². The molecule has 0 amide bonds. The average molecular weight is 295 g/mol. The van der Waals surface area contributed by atoms with Crippen molar-refractivity contribution in [3.05, 3.63) is 29.8 Å². The van der Waals surface area contributed by atoms with Crippen LogP contribution in [0.25, 0.3) is 0 Å². The lowest BCUT2D eigenvalue weighted by Gasteiger charge is -2.10. The zero-order valence-electron chi connectivity index (χ0n) is 12.8. The molecule has 0 heterocycles. The Kier molecular flexibility index (Phi) is 8.47. The zero-order valence-corrected chi connectivity index (χ0v) is 12.8. The molecule has 5 nitrogen and oxygen atoms in total. The summed E-state index contributed by atoms with van der Waals surface area (Å²) in [7, 11) is 1.34. The number of unbranched alkanes of at least 4 members (excludes halogenated alkanes) is 1. The summed E-state index contributed by atoms with van der Waals surface area (Å²) in [6, 6.07) is 6.90. The summed E-state index contributed by atoms with van der Waals surface area (Å²) in [4.78, 5) is 11.2. The van der Waals surface area contributed by atoms with E-state index in [0.717, 1.165) is 30.8 Å². The summed E-state index contributed by atoms with van der Waals surface area (Å²) in [5.74, 6) is 0.379. The molecule has 0 aliphatic carbocycles. The highest BCUT2D eigenvalue weighted by molar-refractivity contribution is 5.75. The number of carbonyl (C=O) groups excluding carboxylic acids is 1. The van der Waals surface area contributed by atoms with Gasteiger partial charge in [0.1, 0.15) is 18.4 Å². The van der Waals surface area contributed by atoms with Gasteiger partial charge in [-0.05, 0) is 30.5 Å². The number of hydrogen-bond acceptors (Lipinski definition) is 5. The fraction of sp³-hybridized carbons (Fsp3) is 0.562. The summed E-state index contributed by atoms with van der Waals surface area (Å²) in [6.07, 6.45) is 2.66. The molecule has 0 saturated heterocycles. The van der Waals surface area contributed by atoms with E-state index in [2.05, 4.69) is 11.7 Å². The first-order valence-corrected chi connectivity index (χ1v) is 7.30. The van der Waals surface area contributed by atoms with Gasteiger partial charge < -0.3 is 19.9 Å². The number of rotatable bonds is 10. The fourth-order valence-corrected chi connectivity index (χ4v) is 1.78. The number of nitrogens with two attached hydrogens (primary N) is 1. The molecule has 0 spiro atoms. The van der Waals surface area contributed by atoms with Gasteiger partial charge in [0.05, 0.1) is 13.7 Å². The molecule has 1 rings (SSSR count). The molecule has 0 bridgehead atoms. The second-order valence-corrected chi connectivity index (χ2v) is 4.79. The number of ether oxygens (including phenoxy) is 3. The smallest absolute Gasteiger partial charge is 0.322 e. The zero-order chi connectivity index (χ0) is 15.5. The van der Waals surface area contributed by atoms with Gasteiger partial charge in [0.15, 0.2) is 0 Å². The summed E-state index contributed by atoms with van der Waals surface area (Å²) >= 11 is 0. The van der Waals surface area contributed by atoms with Gasteiger partial charge in [-0.25, -0.2) is 0 Å². The van der Waals surface area contributed by atoms with Crippen molar-refractivity contribution < 1.29 is 19.0 Å². The Bertz CT molecular complexity index is 405. The molecule has 1 atom stereocenters. The molecule has 21 heavy (non-hydrogen) atoms. The van der Waals surface area contributed by atoms with E-state index in [1.807, 2.05) is 24.3 Å². The largest absolute Gasteiger partial charge is 0.491 e. The van der Waals surface area contributed by atoms with Gasteiger partial charge in [0.25, 0.3) is 0 Å². The molecule has 1 unspecified atom stereocenters. The Labute approximate surface area is 126 Å². The normalized spacial score (nSPS) is 12.0. The number of benzene rings is 1. The predicted octanol–water partition coefficient (Wildman–Crippen LogP) is 1.92. The molecule has 1 aromatic rings. The van der Waals surface area contributed by atoms with Gasteiger partial charge in [-0.3, -0.25) is 4.79 Å². The Balaban J connectivity index is 2.28. The maximum absolute atomic E-state index is 11.2. The molecule has 2 N–H and O–H groups in total. The van der Waals surface area contributed by atoms with Crippen LogP contribution in [0.5, 0.6) is 5.75 Å². The standard InChI is InChI=1S/C16H25NO4/c1-3-4-9-20-10-11-21-14-7-5-13(6-8-14)12-15(17)16(18)19-2/h5-8,15H,3-4,9-12,17H2,1-2H3. The lowest BCUT2D eigenvalue weighted by molar-refractivity contribution is -0.142. The molecule has 0 fully saturated rings. The summed E-state index contributed by atoms with van der Waals surface area (Å²) in [5.41, 5.74) is 6.69. The van der Waals surface area contributed by atoms with Gasteiger partial charge >= 0.3 is 5.97 Å². The molecule has 0 aliphatic heterocycles. The van der Waals surface area contributed by atoms with Crippen molar-refractivity contribution in [3.63, 3.8) is 0 Å². The fourth-order valence-electron chi connectivity index (χ4n) is 1.78. The predicted molar refractivity (Wildman–Crippen MR) is 81.4 cm³/mol. The van der Waals surface area contributed by atoms with E-state index in [1.165, 1.54) is 7.11 Å². The maximum Gasteiger partial charge on any atom is 0.322 e. The molecule has 0 aliphatic rings. The van der Waals surface area contributed by atoms with Gasteiger partial charge in [0, 0.05) is 6.61 Å². The van der Waals surface area contributed by atoms with Crippen LogP contribution in [0.1, 0.15) is 25.3 Å². The third kappa shape index (κ3) is 7.11. The molecule has 0 aromatic heterocycles. The van der Waals surface area contributed by atoms with Crippen LogP contribution in [0.4, 0.5) is 0 Å². The lowest BCUT2D eigenvalue weighted by Crippen LogP contribution is -2.33. The number of esters is 1. The number of methoxy groups -OCH3 is 1. The first-order chi connectivity index (χ1) is 10.2. The monoisotopic (exact) mass is 295 g/mol. The highest BCUT2D eigenvalue weighted by Gasteiger charge is 2.13. The van der Waals surface area contributed by atoms with E-state index in [4.69, 9.17) is 15.2 Å². The highest BCUT2D eigenvalue weighted by atomic mass is 16.5. The molecule has 0 saturated carbocycles. The minimum atomic E-state index is -0.631. The van der Waals surface area contributed by atoms with Crippen molar-refractivity contribution in [2.45, 2.75) is 32.2 Å². The SMILES string of the molecule is CCCCOCCOc1ccc(CC(N)C(=O)OC)cc1. The van der Waals surface area contributed by atoms with Gasteiger partial charge in [-0.1, -0.05) is 25.5 Å². The van der Waals surface area contributed by atoms with E-state index in [1.54, 1.807) is 0 Å². The Morgan fingerprint density at radius 1 is 1.19 bits per heavy atom. The van der Waals surface area contributed by atoms with Crippen LogP contribution < -0.4 is 10.5 Å². The van der Waals surface area contributed by atoms with Crippen LogP contribution in [0, 0.1) is 0 Å². The van der Waals surface area contributed by atoms with Crippen molar-refractivity contribution in [3.8, 4) is 5.75 Å². The summed E-state index contributed by atoms with van der Waals surface area (Å²) in [6.45, 7) is 4.04. The van der Waals surface area contributed by atoms with Crippen molar-refractivity contribution >= 4 is 5.97 Å². The van der Waals surface area contributed by atoms with E-state index < -0.39 is 12.0 Å². The van der Waals surface area contributed by atoms with Crippen LogP contribution in [-0.2, 0) is 20.7 Å². The number of hydrogen-bond donors (Lipinski definition) is 1. The third-order valence-corrected chi connectivity index (χ3v) is 3.02. The van der Waals surface area contributed by atoms with Crippen LogP contribution >= 0.6 is 0 Å². The maximum atomic E-state index is 11.2. The van der Waals surface area contributed by atoms with Crippen molar-refractivity contribution in [2.75, 3.05) is 26.9 Å². The Morgan fingerprint density at radius 3 is 2.52 bits per heavy atom. The summed E-state index contributed by atoms with van der Waals surface area (Å²) in [5, 5.41) is 0. The molecular weight excluding hydrogens is 270 g/mol. The van der Waals surface area contributed by atoms with E-state index >= 15 is 0 Å². The van der Waals surface area contributed by atoms with Gasteiger partial charge in [-0.15, -0.1) is 0 Å². The molecule has 0 radical (unpaired) electrons. The van der Waals surface area contributed by atoms with Gasteiger partial charge in [0.2, 0.25) is 0 Å². The highest BCUT2D eigenvalue weighted by Crippen LogP contribution is 2.13. The van der Waals surface area contributed by atoms with Crippen molar-refractivity contribution in [2.24, 2.45) is 5.73 Å². The first kappa shape index (κ1) is 17.5. The van der Waals surface area contributed by atoms with E-state index in [0.29, 0.717) is 19.6 Å². The van der Waals surface area contributed by atoms with E-state index in [9.17, 15) is 4.79 Å². The molecule has 5 heteroatoms. The Hall–Kier alpha value is -1.59. The minimum Gasteiger partial charge on any atom is -0.491 e. The summed E-state index contributed by atoms with van der Waals surface area (Å²) < 4.78 is 15.6. The molecule has 118 valence electrons. The minimum absolute atomic E-state index is 0.403. The van der Waals surface area contributed by atoms with Crippen molar-refractivity contribution in [1.29, 1.82) is 0 Å². The second-order valence-electron chi connectivity index (χ2n) is 4.79. The second kappa shape index (κ2) is 10.2. The van der Waals surface area contributed by atoms with Crippen LogP contribution in [0.2, 0.25) is 0 Å². The molecular formula is C16H25NO4. The quantitative estimate of drug-likeness (QED) is 0.527. The third-order valence-electron chi connectivity index (χ3n) is 3.02. The van der Waals surface area contributed by atoms with Crippen LogP contribution in [0.15, 0.2) is 24.3 Å². The lowest BCUT2D eigenvalue weighted by atomic mass is 10.1. The van der Waals surface area contributed by atoms with E-state index in [-0.39, 0.29) is 0 Å².